The van der Waals surface area contributed by atoms with Crippen molar-refractivity contribution in [2.75, 3.05) is 5.75 Å². The van der Waals surface area contributed by atoms with E-state index in [2.05, 4.69) is 29.4 Å². The molecule has 1 fully saturated rings. The molecule has 1 N–H and O–H groups in total. The van der Waals surface area contributed by atoms with E-state index in [4.69, 9.17) is 4.42 Å². The van der Waals surface area contributed by atoms with Gasteiger partial charge >= 0.3 is 0 Å². The lowest BCUT2D eigenvalue weighted by atomic mass is 9.78. The molecule has 5 nitrogen and oxygen atoms in total. The van der Waals surface area contributed by atoms with E-state index in [1.165, 1.54) is 24.2 Å². The number of hydrogen-bond donors (Lipinski definition) is 1. The van der Waals surface area contributed by atoms with Gasteiger partial charge in [0, 0.05) is 6.04 Å². The first kappa shape index (κ1) is 17.9. The van der Waals surface area contributed by atoms with Crippen LogP contribution < -0.4 is 5.32 Å². The van der Waals surface area contributed by atoms with Gasteiger partial charge in [0.2, 0.25) is 5.91 Å². The van der Waals surface area contributed by atoms with E-state index in [1.807, 2.05) is 0 Å². The Balaban J connectivity index is 1.54. The summed E-state index contributed by atoms with van der Waals surface area (Å²) in [6, 6.07) is 6.45. The van der Waals surface area contributed by atoms with Gasteiger partial charge in [0.1, 0.15) is 5.82 Å². The van der Waals surface area contributed by atoms with Crippen molar-refractivity contribution >= 4 is 17.7 Å². The van der Waals surface area contributed by atoms with Crippen molar-refractivity contribution in [1.82, 2.24) is 15.5 Å². The van der Waals surface area contributed by atoms with Crippen LogP contribution in [-0.2, 0) is 4.79 Å². The second kappa shape index (κ2) is 7.99. The fourth-order valence-electron chi connectivity index (χ4n) is 3.17. The summed E-state index contributed by atoms with van der Waals surface area (Å²) in [6.07, 6.45) is 3.41. The Labute approximate surface area is 150 Å². The second-order valence-electron chi connectivity index (χ2n) is 6.58. The lowest BCUT2D eigenvalue weighted by Crippen LogP contribution is -2.44. The summed E-state index contributed by atoms with van der Waals surface area (Å²) in [5, 5.41) is 11.1. The Morgan fingerprint density at radius 3 is 2.92 bits per heavy atom. The van der Waals surface area contributed by atoms with Crippen molar-refractivity contribution in [2.24, 2.45) is 11.8 Å². The van der Waals surface area contributed by atoms with Crippen LogP contribution in [0, 0.1) is 17.7 Å². The lowest BCUT2D eigenvalue weighted by Gasteiger charge is -2.34. The number of carbonyl (C=O) groups excluding carboxylic acids is 1. The lowest BCUT2D eigenvalue weighted by molar-refractivity contribution is -0.120. The zero-order valence-corrected chi connectivity index (χ0v) is 15.2. The average molecular weight is 363 g/mol. The van der Waals surface area contributed by atoms with Crippen LogP contribution in [0.4, 0.5) is 4.39 Å². The number of aromatic nitrogens is 2. The topological polar surface area (TPSA) is 68.0 Å². The van der Waals surface area contributed by atoms with Crippen LogP contribution in [0.25, 0.3) is 11.5 Å². The van der Waals surface area contributed by atoms with Gasteiger partial charge in [-0.25, -0.2) is 4.39 Å². The number of nitrogens with zero attached hydrogens (tertiary/aromatic N) is 2. The van der Waals surface area contributed by atoms with Crippen LogP contribution >= 0.6 is 11.8 Å². The third-order valence-electron chi connectivity index (χ3n) is 4.89. The van der Waals surface area contributed by atoms with Gasteiger partial charge in [0.05, 0.1) is 11.3 Å². The number of hydrogen-bond acceptors (Lipinski definition) is 5. The fraction of sp³-hybridized carbons (Fsp3) is 0.500. The summed E-state index contributed by atoms with van der Waals surface area (Å²) >= 11 is 1.17. The first-order valence-corrected chi connectivity index (χ1v) is 9.53. The zero-order chi connectivity index (χ0) is 17.8. The third-order valence-corrected chi connectivity index (χ3v) is 5.71. The first-order valence-electron chi connectivity index (χ1n) is 8.55. The molecule has 25 heavy (non-hydrogen) atoms. The Hall–Kier alpha value is -1.89. The number of carbonyl (C=O) groups is 1. The molecule has 0 unspecified atom stereocenters. The molecule has 2 aromatic rings. The van der Waals surface area contributed by atoms with E-state index >= 15 is 0 Å². The minimum atomic E-state index is -0.416. The average Bonchev–Trinajstić information content (AvgIpc) is 3.06. The van der Waals surface area contributed by atoms with Crippen LogP contribution in [-0.4, -0.2) is 27.9 Å². The van der Waals surface area contributed by atoms with E-state index < -0.39 is 5.82 Å². The molecule has 0 spiro atoms. The predicted molar refractivity (Wildman–Crippen MR) is 94.5 cm³/mol. The highest BCUT2D eigenvalue weighted by atomic mass is 32.2. The number of rotatable bonds is 5. The van der Waals surface area contributed by atoms with Crippen LogP contribution in [0.5, 0.6) is 0 Å². The molecular weight excluding hydrogens is 341 g/mol. The number of nitrogens with one attached hydrogen (secondary N) is 1. The maximum atomic E-state index is 13.7. The zero-order valence-electron chi connectivity index (χ0n) is 14.4. The molecule has 1 amide bonds. The number of thioether (sulfide) groups is 1. The normalized spacial score (nSPS) is 23.4. The standard InChI is InChI=1S/C18H22FN3O2S/c1-11-6-5-9-15(12(11)2)20-16(23)10-25-18-22-21-17(24-18)13-7-3-4-8-14(13)19/h3-4,7-8,11-12,15H,5-6,9-10H2,1-2H3,(H,20,23)/t11-,12+,15+/m1/s1. The summed E-state index contributed by atoms with van der Waals surface area (Å²) in [6.45, 7) is 4.43. The van der Waals surface area contributed by atoms with E-state index in [9.17, 15) is 9.18 Å². The first-order chi connectivity index (χ1) is 12.0. The molecule has 0 bridgehead atoms. The van der Waals surface area contributed by atoms with Gasteiger partial charge < -0.3 is 9.73 Å². The largest absolute Gasteiger partial charge is 0.411 e. The van der Waals surface area contributed by atoms with Crippen molar-refractivity contribution in [3.8, 4) is 11.5 Å². The molecule has 1 aliphatic rings. The van der Waals surface area contributed by atoms with E-state index in [1.54, 1.807) is 18.2 Å². The van der Waals surface area contributed by atoms with Gasteiger partial charge in [-0.1, -0.05) is 50.6 Å². The molecule has 1 heterocycles. The summed E-state index contributed by atoms with van der Waals surface area (Å²) < 4.78 is 19.2. The molecule has 7 heteroatoms. The second-order valence-corrected chi connectivity index (χ2v) is 7.51. The van der Waals surface area contributed by atoms with Gasteiger partial charge in [-0.15, -0.1) is 10.2 Å². The molecular formula is C18H22FN3O2S. The minimum absolute atomic E-state index is 0.0402. The Morgan fingerprint density at radius 1 is 1.32 bits per heavy atom. The van der Waals surface area contributed by atoms with Crippen molar-refractivity contribution < 1.29 is 13.6 Å². The fourth-order valence-corrected chi connectivity index (χ4v) is 3.75. The smallest absolute Gasteiger partial charge is 0.277 e. The van der Waals surface area contributed by atoms with Crippen LogP contribution in [0.15, 0.2) is 33.9 Å². The SMILES string of the molecule is C[C@H]1[C@H](C)CCC[C@@H]1NC(=O)CSc1nnc(-c2ccccc2F)o1. The van der Waals surface area contributed by atoms with Gasteiger partial charge in [-0.2, -0.15) is 0 Å². The number of amides is 1. The number of benzene rings is 1. The molecule has 1 aromatic carbocycles. The Kier molecular flexibility index (Phi) is 5.73. The van der Waals surface area contributed by atoms with Crippen molar-refractivity contribution in [2.45, 2.75) is 44.4 Å². The Bertz CT molecular complexity index is 737. The van der Waals surface area contributed by atoms with Gasteiger partial charge in [0.15, 0.2) is 0 Å². The van der Waals surface area contributed by atoms with Crippen LogP contribution in [0.1, 0.15) is 33.1 Å². The van der Waals surface area contributed by atoms with Crippen LogP contribution in [0.2, 0.25) is 0 Å². The summed E-state index contributed by atoms with van der Waals surface area (Å²) in [5.41, 5.74) is 0.260. The quantitative estimate of drug-likeness (QED) is 0.816. The molecule has 1 aliphatic carbocycles. The third kappa shape index (κ3) is 4.39. The minimum Gasteiger partial charge on any atom is -0.411 e. The molecule has 0 aliphatic heterocycles. The van der Waals surface area contributed by atoms with Gasteiger partial charge in [-0.3, -0.25) is 4.79 Å². The summed E-state index contributed by atoms with van der Waals surface area (Å²) in [5.74, 6) is 0.985. The number of halogens is 1. The molecule has 1 aromatic heterocycles. The summed E-state index contributed by atoms with van der Waals surface area (Å²) in [4.78, 5) is 12.2. The highest BCUT2D eigenvalue weighted by Gasteiger charge is 2.28. The molecule has 3 atom stereocenters. The van der Waals surface area contributed by atoms with Gasteiger partial charge in [0.25, 0.3) is 11.1 Å². The van der Waals surface area contributed by atoms with E-state index in [-0.39, 0.29) is 34.4 Å². The van der Waals surface area contributed by atoms with E-state index in [0.717, 1.165) is 12.8 Å². The Morgan fingerprint density at radius 2 is 2.12 bits per heavy atom. The van der Waals surface area contributed by atoms with E-state index in [0.29, 0.717) is 11.8 Å². The molecule has 1 saturated carbocycles. The predicted octanol–water partition coefficient (Wildman–Crippen LogP) is 3.91. The molecule has 134 valence electrons. The van der Waals surface area contributed by atoms with Crippen molar-refractivity contribution in [1.29, 1.82) is 0 Å². The highest BCUT2D eigenvalue weighted by Crippen LogP contribution is 2.30. The highest BCUT2D eigenvalue weighted by molar-refractivity contribution is 7.99. The maximum absolute atomic E-state index is 13.7. The molecule has 0 radical (unpaired) electrons. The van der Waals surface area contributed by atoms with Crippen molar-refractivity contribution in [3.05, 3.63) is 30.1 Å². The molecule has 3 rings (SSSR count). The van der Waals surface area contributed by atoms with Gasteiger partial charge in [-0.05, 0) is 30.4 Å². The molecule has 0 saturated heterocycles. The van der Waals surface area contributed by atoms with Crippen LogP contribution in [0.3, 0.4) is 0 Å². The maximum Gasteiger partial charge on any atom is 0.277 e. The summed E-state index contributed by atoms with van der Waals surface area (Å²) in [7, 11) is 0. The monoisotopic (exact) mass is 363 g/mol. The van der Waals surface area contributed by atoms with Crippen molar-refractivity contribution in [3.63, 3.8) is 0 Å².